The normalized spacial score (nSPS) is 17.7. The van der Waals surface area contributed by atoms with Gasteiger partial charge in [-0.15, -0.1) is 0 Å². The molecule has 4 N–H and O–H groups in total. The van der Waals surface area contributed by atoms with Crippen LogP contribution >= 0.6 is 0 Å². The SMILES string of the molecule is COCc1cccc(NC(=O)C2(C(N)=NO)CCCC2)c1. The number of anilines is 1. The molecule has 2 rings (SSSR count). The van der Waals surface area contributed by atoms with Crippen LogP contribution in [0.25, 0.3) is 0 Å². The van der Waals surface area contributed by atoms with Gasteiger partial charge in [-0.1, -0.05) is 30.1 Å². The zero-order chi connectivity index (χ0) is 15.3. The molecule has 0 aromatic heterocycles. The van der Waals surface area contributed by atoms with E-state index >= 15 is 0 Å². The van der Waals surface area contributed by atoms with Gasteiger partial charge in [0.2, 0.25) is 5.91 Å². The van der Waals surface area contributed by atoms with Crippen LogP contribution in [0.4, 0.5) is 5.69 Å². The molecule has 0 aliphatic heterocycles. The number of oxime groups is 1. The Morgan fingerprint density at radius 2 is 2.19 bits per heavy atom. The summed E-state index contributed by atoms with van der Waals surface area (Å²) in [6, 6.07) is 7.45. The van der Waals surface area contributed by atoms with E-state index in [9.17, 15) is 4.79 Å². The molecule has 1 saturated carbocycles. The highest BCUT2D eigenvalue weighted by Crippen LogP contribution is 2.39. The molecule has 1 aliphatic carbocycles. The predicted molar refractivity (Wildman–Crippen MR) is 80.1 cm³/mol. The van der Waals surface area contributed by atoms with Crippen LogP contribution in [0.1, 0.15) is 31.2 Å². The van der Waals surface area contributed by atoms with E-state index in [1.54, 1.807) is 7.11 Å². The third-order valence-corrected chi connectivity index (χ3v) is 3.99. The molecule has 1 aromatic rings. The Morgan fingerprint density at radius 1 is 1.48 bits per heavy atom. The number of methoxy groups -OCH3 is 1. The fourth-order valence-electron chi connectivity index (χ4n) is 2.83. The number of carbonyl (C=O) groups excluding carboxylic acids is 1. The highest BCUT2D eigenvalue weighted by Gasteiger charge is 2.45. The molecule has 6 heteroatoms. The lowest BCUT2D eigenvalue weighted by Gasteiger charge is -2.26. The maximum atomic E-state index is 12.6. The van der Waals surface area contributed by atoms with Crippen LogP contribution < -0.4 is 11.1 Å². The Hall–Kier alpha value is -2.08. The molecule has 1 aliphatic rings. The molecule has 0 atom stereocenters. The number of benzene rings is 1. The Balaban J connectivity index is 2.18. The zero-order valence-electron chi connectivity index (χ0n) is 12.1. The van der Waals surface area contributed by atoms with Gasteiger partial charge in [0.15, 0.2) is 5.84 Å². The van der Waals surface area contributed by atoms with E-state index in [-0.39, 0.29) is 11.7 Å². The molecule has 1 amide bonds. The van der Waals surface area contributed by atoms with E-state index < -0.39 is 5.41 Å². The van der Waals surface area contributed by atoms with Crippen LogP contribution in [0.15, 0.2) is 29.4 Å². The summed E-state index contributed by atoms with van der Waals surface area (Å²) in [4.78, 5) is 12.6. The van der Waals surface area contributed by atoms with E-state index in [1.165, 1.54) is 0 Å². The number of hydrogen-bond donors (Lipinski definition) is 3. The standard InChI is InChI=1S/C15H21N3O3/c1-21-10-11-5-4-6-12(9-11)17-14(19)15(13(16)18-20)7-2-3-8-15/h4-6,9,20H,2-3,7-8,10H2,1H3,(H2,16,18)(H,17,19). The largest absolute Gasteiger partial charge is 0.409 e. The van der Waals surface area contributed by atoms with Crippen molar-refractivity contribution in [2.24, 2.45) is 16.3 Å². The summed E-state index contributed by atoms with van der Waals surface area (Å²) in [5, 5.41) is 14.9. The fourth-order valence-corrected chi connectivity index (χ4v) is 2.83. The van der Waals surface area contributed by atoms with Crippen molar-refractivity contribution in [1.82, 2.24) is 0 Å². The van der Waals surface area contributed by atoms with E-state index in [0.29, 0.717) is 25.1 Å². The van der Waals surface area contributed by atoms with Gasteiger partial charge in [0, 0.05) is 12.8 Å². The molecule has 0 radical (unpaired) electrons. The minimum Gasteiger partial charge on any atom is -0.409 e. The van der Waals surface area contributed by atoms with Crippen LogP contribution in [0.5, 0.6) is 0 Å². The quantitative estimate of drug-likeness (QED) is 0.335. The van der Waals surface area contributed by atoms with Crippen molar-refractivity contribution >= 4 is 17.4 Å². The molecule has 1 aromatic carbocycles. The number of amides is 1. The average molecular weight is 291 g/mol. The highest BCUT2D eigenvalue weighted by molar-refractivity contribution is 6.12. The monoisotopic (exact) mass is 291 g/mol. The Morgan fingerprint density at radius 3 is 2.81 bits per heavy atom. The van der Waals surface area contributed by atoms with Crippen molar-refractivity contribution in [3.05, 3.63) is 29.8 Å². The number of carbonyl (C=O) groups is 1. The third-order valence-electron chi connectivity index (χ3n) is 3.99. The van der Waals surface area contributed by atoms with Crippen LogP contribution in [-0.2, 0) is 16.1 Å². The number of nitrogens with one attached hydrogen (secondary N) is 1. The summed E-state index contributed by atoms with van der Waals surface area (Å²) in [5.74, 6) is -0.226. The lowest BCUT2D eigenvalue weighted by molar-refractivity contribution is -0.122. The van der Waals surface area contributed by atoms with Crippen LogP contribution in [-0.4, -0.2) is 24.1 Å². The molecular formula is C15H21N3O3. The van der Waals surface area contributed by atoms with Gasteiger partial charge in [-0.05, 0) is 30.5 Å². The van der Waals surface area contributed by atoms with Crippen LogP contribution in [0, 0.1) is 5.41 Å². The number of nitrogens with zero attached hydrogens (tertiary/aromatic N) is 1. The minimum absolute atomic E-state index is 0.00875. The summed E-state index contributed by atoms with van der Waals surface area (Å²) in [6.07, 6.45) is 3.00. The summed E-state index contributed by atoms with van der Waals surface area (Å²) in [5.41, 5.74) is 6.53. The lowest BCUT2D eigenvalue weighted by atomic mass is 9.83. The predicted octanol–water partition coefficient (Wildman–Crippen LogP) is 2.08. The Bertz CT molecular complexity index is 537. The first-order valence-electron chi connectivity index (χ1n) is 7.00. The summed E-state index contributed by atoms with van der Waals surface area (Å²) < 4.78 is 5.08. The maximum Gasteiger partial charge on any atom is 0.238 e. The molecule has 0 unspecified atom stereocenters. The van der Waals surface area contributed by atoms with Crippen molar-refractivity contribution in [2.75, 3.05) is 12.4 Å². The second-order valence-electron chi connectivity index (χ2n) is 5.36. The summed E-state index contributed by atoms with van der Waals surface area (Å²) in [7, 11) is 1.62. The van der Waals surface area contributed by atoms with Gasteiger partial charge >= 0.3 is 0 Å². The molecule has 6 nitrogen and oxygen atoms in total. The van der Waals surface area contributed by atoms with E-state index in [0.717, 1.165) is 18.4 Å². The number of rotatable bonds is 5. The molecule has 0 bridgehead atoms. The topological polar surface area (TPSA) is 96.9 Å². The molecule has 0 heterocycles. The van der Waals surface area contributed by atoms with Crippen LogP contribution in [0.2, 0.25) is 0 Å². The van der Waals surface area contributed by atoms with Gasteiger partial charge in [-0.25, -0.2) is 0 Å². The van der Waals surface area contributed by atoms with E-state index in [2.05, 4.69) is 10.5 Å². The first-order valence-corrected chi connectivity index (χ1v) is 7.00. The molecular weight excluding hydrogens is 270 g/mol. The van der Waals surface area contributed by atoms with Gasteiger partial charge in [0.1, 0.15) is 5.41 Å². The van der Waals surface area contributed by atoms with Gasteiger partial charge in [0.05, 0.1) is 6.61 Å². The highest BCUT2D eigenvalue weighted by atomic mass is 16.5. The zero-order valence-corrected chi connectivity index (χ0v) is 12.1. The first-order chi connectivity index (χ1) is 10.1. The van der Waals surface area contributed by atoms with E-state index in [1.807, 2.05) is 24.3 Å². The number of amidine groups is 1. The Kier molecular flexibility index (Phi) is 4.80. The lowest BCUT2D eigenvalue weighted by Crippen LogP contribution is -2.45. The average Bonchev–Trinajstić information content (AvgIpc) is 2.98. The molecule has 21 heavy (non-hydrogen) atoms. The number of hydrogen-bond acceptors (Lipinski definition) is 4. The van der Waals surface area contributed by atoms with E-state index in [4.69, 9.17) is 15.7 Å². The van der Waals surface area contributed by atoms with Gasteiger partial charge < -0.3 is 21.0 Å². The van der Waals surface area contributed by atoms with Gasteiger partial charge in [-0.2, -0.15) is 0 Å². The summed E-state index contributed by atoms with van der Waals surface area (Å²) in [6.45, 7) is 0.481. The molecule has 0 spiro atoms. The van der Waals surface area contributed by atoms with Crippen molar-refractivity contribution < 1.29 is 14.7 Å². The summed E-state index contributed by atoms with van der Waals surface area (Å²) >= 11 is 0. The van der Waals surface area contributed by atoms with Crippen LogP contribution in [0.3, 0.4) is 0 Å². The van der Waals surface area contributed by atoms with Crippen molar-refractivity contribution in [3.8, 4) is 0 Å². The number of ether oxygens (including phenoxy) is 1. The van der Waals surface area contributed by atoms with Gasteiger partial charge in [-0.3, -0.25) is 4.79 Å². The molecule has 0 saturated heterocycles. The fraction of sp³-hybridized carbons (Fsp3) is 0.467. The molecule has 1 fully saturated rings. The van der Waals surface area contributed by atoms with Crippen molar-refractivity contribution in [3.63, 3.8) is 0 Å². The maximum absolute atomic E-state index is 12.6. The third kappa shape index (κ3) is 3.16. The minimum atomic E-state index is -0.897. The second-order valence-corrected chi connectivity index (χ2v) is 5.36. The smallest absolute Gasteiger partial charge is 0.238 e. The Labute approximate surface area is 124 Å². The number of nitrogens with two attached hydrogens (primary N) is 1. The van der Waals surface area contributed by atoms with Crippen molar-refractivity contribution in [2.45, 2.75) is 32.3 Å². The molecule has 114 valence electrons. The first kappa shape index (κ1) is 15.3. The second kappa shape index (κ2) is 6.58. The van der Waals surface area contributed by atoms with Gasteiger partial charge in [0.25, 0.3) is 0 Å². The van der Waals surface area contributed by atoms with Crippen molar-refractivity contribution in [1.29, 1.82) is 0 Å².